The standard InChI is InChI=1S/C24H26O2/c1-4-17(2)20-11-9-19(10-12-20)15-24(25)26-18(3)22-14-13-21-7-5-6-8-23(21)16-22/h5-14,16-18H,4,15H2,1-3H3. The molecule has 0 radical (unpaired) electrons. The molecular formula is C24H26O2. The van der Waals surface area contributed by atoms with E-state index >= 15 is 0 Å². The predicted octanol–water partition coefficient (Wildman–Crippen LogP) is 6.20. The fourth-order valence-electron chi connectivity index (χ4n) is 3.13. The average molecular weight is 346 g/mol. The number of esters is 1. The quantitative estimate of drug-likeness (QED) is 0.497. The van der Waals surface area contributed by atoms with Crippen LogP contribution in [0, 0.1) is 0 Å². The molecular weight excluding hydrogens is 320 g/mol. The first-order valence-electron chi connectivity index (χ1n) is 9.34. The van der Waals surface area contributed by atoms with Crippen LogP contribution in [-0.4, -0.2) is 5.97 Å². The van der Waals surface area contributed by atoms with E-state index in [1.165, 1.54) is 10.9 Å². The molecule has 2 heteroatoms. The van der Waals surface area contributed by atoms with E-state index in [0.717, 1.165) is 22.9 Å². The van der Waals surface area contributed by atoms with Gasteiger partial charge in [0.05, 0.1) is 6.42 Å². The summed E-state index contributed by atoms with van der Waals surface area (Å²) in [6.07, 6.45) is 1.16. The maximum absolute atomic E-state index is 12.3. The Kier molecular flexibility index (Phi) is 5.72. The first-order valence-corrected chi connectivity index (χ1v) is 9.34. The van der Waals surface area contributed by atoms with Crippen molar-refractivity contribution in [3.63, 3.8) is 0 Å². The first kappa shape index (κ1) is 18.2. The number of hydrogen-bond acceptors (Lipinski definition) is 2. The van der Waals surface area contributed by atoms with Gasteiger partial charge in [-0.05, 0) is 52.8 Å². The molecule has 2 nitrogen and oxygen atoms in total. The number of hydrogen-bond donors (Lipinski definition) is 0. The van der Waals surface area contributed by atoms with Crippen molar-refractivity contribution in [1.29, 1.82) is 0 Å². The van der Waals surface area contributed by atoms with E-state index in [0.29, 0.717) is 12.3 Å². The van der Waals surface area contributed by atoms with Crippen LogP contribution in [0.15, 0.2) is 66.7 Å². The zero-order valence-electron chi connectivity index (χ0n) is 15.7. The van der Waals surface area contributed by atoms with Crippen molar-refractivity contribution in [2.24, 2.45) is 0 Å². The minimum atomic E-state index is -0.258. The summed E-state index contributed by atoms with van der Waals surface area (Å²) in [6, 6.07) is 22.7. The van der Waals surface area contributed by atoms with Crippen molar-refractivity contribution >= 4 is 16.7 Å². The Bertz CT molecular complexity index is 880. The second-order valence-corrected chi connectivity index (χ2v) is 6.97. The van der Waals surface area contributed by atoms with Gasteiger partial charge in [0.25, 0.3) is 0 Å². The fraction of sp³-hybridized carbons (Fsp3) is 0.292. The Morgan fingerprint density at radius 1 is 0.885 bits per heavy atom. The fourth-order valence-corrected chi connectivity index (χ4v) is 3.13. The number of ether oxygens (including phenoxy) is 1. The van der Waals surface area contributed by atoms with Gasteiger partial charge in [-0.25, -0.2) is 0 Å². The lowest BCUT2D eigenvalue weighted by Gasteiger charge is -2.15. The van der Waals surface area contributed by atoms with Crippen molar-refractivity contribution in [2.45, 2.75) is 45.6 Å². The number of carbonyl (C=O) groups excluding carboxylic acids is 1. The minimum Gasteiger partial charge on any atom is -0.458 e. The molecule has 0 aliphatic carbocycles. The van der Waals surface area contributed by atoms with E-state index in [1.807, 2.05) is 37.3 Å². The highest BCUT2D eigenvalue weighted by atomic mass is 16.5. The Hall–Kier alpha value is -2.61. The summed E-state index contributed by atoms with van der Waals surface area (Å²) in [6.45, 7) is 6.33. The third-order valence-corrected chi connectivity index (χ3v) is 5.06. The van der Waals surface area contributed by atoms with Gasteiger partial charge in [0.1, 0.15) is 6.10 Å². The summed E-state index contributed by atoms with van der Waals surface area (Å²) < 4.78 is 5.65. The predicted molar refractivity (Wildman–Crippen MR) is 107 cm³/mol. The van der Waals surface area contributed by atoms with Gasteiger partial charge in [-0.3, -0.25) is 4.79 Å². The lowest BCUT2D eigenvalue weighted by Crippen LogP contribution is -2.11. The molecule has 0 heterocycles. The molecule has 0 saturated carbocycles. The van der Waals surface area contributed by atoms with Gasteiger partial charge in [-0.1, -0.05) is 74.5 Å². The van der Waals surface area contributed by atoms with Crippen LogP contribution in [0.2, 0.25) is 0 Å². The first-order chi connectivity index (χ1) is 12.6. The van der Waals surface area contributed by atoms with Crippen molar-refractivity contribution in [3.8, 4) is 0 Å². The monoisotopic (exact) mass is 346 g/mol. The van der Waals surface area contributed by atoms with Crippen molar-refractivity contribution in [2.75, 3.05) is 0 Å². The largest absolute Gasteiger partial charge is 0.458 e. The highest BCUT2D eigenvalue weighted by Gasteiger charge is 2.13. The highest BCUT2D eigenvalue weighted by molar-refractivity contribution is 5.83. The summed E-state index contributed by atoms with van der Waals surface area (Å²) in [5.74, 6) is 0.353. The van der Waals surface area contributed by atoms with Gasteiger partial charge in [0, 0.05) is 0 Å². The Balaban J connectivity index is 1.63. The zero-order valence-corrected chi connectivity index (χ0v) is 15.7. The van der Waals surface area contributed by atoms with Crippen LogP contribution >= 0.6 is 0 Å². The van der Waals surface area contributed by atoms with Gasteiger partial charge >= 0.3 is 5.97 Å². The van der Waals surface area contributed by atoms with Gasteiger partial charge in [0.2, 0.25) is 0 Å². The van der Waals surface area contributed by atoms with Gasteiger partial charge in [0.15, 0.2) is 0 Å². The summed E-state index contributed by atoms with van der Waals surface area (Å²) >= 11 is 0. The van der Waals surface area contributed by atoms with E-state index in [-0.39, 0.29) is 12.1 Å². The van der Waals surface area contributed by atoms with Gasteiger partial charge < -0.3 is 4.74 Å². The van der Waals surface area contributed by atoms with Crippen LogP contribution in [0.4, 0.5) is 0 Å². The molecule has 2 atom stereocenters. The SMILES string of the molecule is CCC(C)c1ccc(CC(=O)OC(C)c2ccc3ccccc3c2)cc1. The molecule has 0 fully saturated rings. The molecule has 0 aromatic heterocycles. The van der Waals surface area contributed by atoms with E-state index in [1.54, 1.807) is 0 Å². The van der Waals surface area contributed by atoms with Crippen molar-refractivity contribution < 1.29 is 9.53 Å². The maximum Gasteiger partial charge on any atom is 0.310 e. The van der Waals surface area contributed by atoms with Crippen LogP contribution in [-0.2, 0) is 16.0 Å². The van der Waals surface area contributed by atoms with Crippen LogP contribution < -0.4 is 0 Å². The molecule has 0 aliphatic rings. The molecule has 0 aliphatic heterocycles. The molecule has 0 spiro atoms. The lowest BCUT2D eigenvalue weighted by atomic mass is 9.97. The van der Waals surface area contributed by atoms with Crippen molar-refractivity contribution in [3.05, 3.63) is 83.4 Å². The molecule has 0 saturated heterocycles. The number of rotatable bonds is 6. The second-order valence-electron chi connectivity index (χ2n) is 6.97. The molecule has 3 aromatic rings. The van der Waals surface area contributed by atoms with E-state index in [2.05, 4.69) is 50.2 Å². The molecule has 3 aromatic carbocycles. The molecule has 26 heavy (non-hydrogen) atoms. The topological polar surface area (TPSA) is 26.3 Å². The molecule has 2 unspecified atom stereocenters. The van der Waals surface area contributed by atoms with Gasteiger partial charge in [-0.15, -0.1) is 0 Å². The molecule has 0 N–H and O–H groups in total. The lowest BCUT2D eigenvalue weighted by molar-refractivity contribution is -0.147. The summed E-state index contributed by atoms with van der Waals surface area (Å²) in [4.78, 5) is 12.3. The van der Waals surface area contributed by atoms with Crippen LogP contribution in [0.3, 0.4) is 0 Å². The van der Waals surface area contributed by atoms with E-state index in [9.17, 15) is 4.79 Å². The third-order valence-electron chi connectivity index (χ3n) is 5.06. The third kappa shape index (κ3) is 4.32. The van der Waals surface area contributed by atoms with Crippen LogP contribution in [0.5, 0.6) is 0 Å². The average Bonchev–Trinajstić information content (AvgIpc) is 2.67. The summed E-state index contributed by atoms with van der Waals surface area (Å²) in [5.41, 5.74) is 3.33. The Morgan fingerprint density at radius 3 is 2.23 bits per heavy atom. The minimum absolute atomic E-state index is 0.193. The molecule has 0 amide bonds. The summed E-state index contributed by atoms with van der Waals surface area (Å²) in [7, 11) is 0. The highest BCUT2D eigenvalue weighted by Crippen LogP contribution is 2.23. The molecule has 134 valence electrons. The van der Waals surface area contributed by atoms with Crippen LogP contribution in [0.25, 0.3) is 10.8 Å². The number of benzene rings is 3. The Morgan fingerprint density at radius 2 is 1.54 bits per heavy atom. The van der Waals surface area contributed by atoms with E-state index in [4.69, 9.17) is 4.74 Å². The van der Waals surface area contributed by atoms with E-state index < -0.39 is 0 Å². The zero-order chi connectivity index (χ0) is 18.5. The second kappa shape index (κ2) is 8.18. The maximum atomic E-state index is 12.3. The van der Waals surface area contributed by atoms with Gasteiger partial charge in [-0.2, -0.15) is 0 Å². The smallest absolute Gasteiger partial charge is 0.310 e. The number of carbonyl (C=O) groups is 1. The summed E-state index contributed by atoms with van der Waals surface area (Å²) in [5, 5.41) is 2.35. The number of fused-ring (bicyclic) bond motifs is 1. The normalized spacial score (nSPS) is 13.3. The van der Waals surface area contributed by atoms with Crippen LogP contribution in [0.1, 0.15) is 55.9 Å². The Labute approximate surface area is 155 Å². The molecule has 0 bridgehead atoms. The molecule has 3 rings (SSSR count). The van der Waals surface area contributed by atoms with Crippen molar-refractivity contribution in [1.82, 2.24) is 0 Å².